The van der Waals surface area contributed by atoms with Crippen LogP contribution in [-0.2, 0) is 11.3 Å². The Morgan fingerprint density at radius 1 is 1.35 bits per heavy atom. The molecule has 1 aromatic carbocycles. The number of aromatic nitrogens is 2. The van der Waals surface area contributed by atoms with Crippen molar-refractivity contribution in [1.29, 1.82) is 0 Å². The molecule has 0 saturated carbocycles. The summed E-state index contributed by atoms with van der Waals surface area (Å²) in [6.45, 7) is 2.16. The van der Waals surface area contributed by atoms with E-state index in [9.17, 15) is 9.59 Å². The molecule has 2 rings (SSSR count). The number of rotatable bonds is 6. The summed E-state index contributed by atoms with van der Waals surface area (Å²) < 4.78 is 1.64. The highest BCUT2D eigenvalue weighted by Crippen LogP contribution is 2.18. The van der Waals surface area contributed by atoms with Crippen molar-refractivity contribution in [2.45, 2.75) is 19.9 Å². The van der Waals surface area contributed by atoms with E-state index in [-0.39, 0.29) is 17.4 Å². The monoisotopic (exact) mass is 315 g/mol. The fourth-order valence-electron chi connectivity index (χ4n) is 2.20. The SMILES string of the molecule is CCC(=O)Nc1ncn(Cc2cccc(N(C)C)c2)c1C(N)=O. The van der Waals surface area contributed by atoms with Gasteiger partial charge in [0.05, 0.1) is 6.33 Å². The number of imidazole rings is 1. The Kier molecular flexibility index (Phi) is 5.00. The van der Waals surface area contributed by atoms with Gasteiger partial charge in [-0.05, 0) is 17.7 Å². The fourth-order valence-corrected chi connectivity index (χ4v) is 2.20. The van der Waals surface area contributed by atoms with Crippen LogP contribution in [0.4, 0.5) is 11.5 Å². The Morgan fingerprint density at radius 3 is 2.70 bits per heavy atom. The third kappa shape index (κ3) is 3.88. The predicted molar refractivity (Wildman–Crippen MR) is 89.5 cm³/mol. The van der Waals surface area contributed by atoms with Gasteiger partial charge in [0.15, 0.2) is 11.5 Å². The third-order valence-corrected chi connectivity index (χ3v) is 3.43. The molecule has 0 spiro atoms. The third-order valence-electron chi connectivity index (χ3n) is 3.43. The van der Waals surface area contributed by atoms with Crippen molar-refractivity contribution in [1.82, 2.24) is 9.55 Å². The number of carbonyl (C=O) groups is 2. The van der Waals surface area contributed by atoms with Crippen LogP contribution in [0.1, 0.15) is 29.4 Å². The van der Waals surface area contributed by atoms with Gasteiger partial charge in [-0.2, -0.15) is 0 Å². The smallest absolute Gasteiger partial charge is 0.269 e. The predicted octanol–water partition coefficient (Wildman–Crippen LogP) is 1.44. The molecule has 0 aliphatic rings. The number of hydrogen-bond acceptors (Lipinski definition) is 4. The lowest BCUT2D eigenvalue weighted by molar-refractivity contribution is -0.115. The molecule has 7 heteroatoms. The van der Waals surface area contributed by atoms with Crippen LogP contribution in [0.3, 0.4) is 0 Å². The minimum atomic E-state index is -0.627. The largest absolute Gasteiger partial charge is 0.378 e. The molecule has 0 aliphatic carbocycles. The summed E-state index contributed by atoms with van der Waals surface area (Å²) in [7, 11) is 3.92. The van der Waals surface area contributed by atoms with E-state index < -0.39 is 5.91 Å². The number of nitrogens with two attached hydrogens (primary N) is 1. The highest BCUT2D eigenvalue weighted by Gasteiger charge is 2.18. The maximum absolute atomic E-state index is 11.7. The zero-order valence-corrected chi connectivity index (χ0v) is 13.5. The lowest BCUT2D eigenvalue weighted by atomic mass is 10.2. The average Bonchev–Trinajstić information content (AvgIpc) is 2.89. The number of primary amides is 1. The molecule has 0 atom stereocenters. The Balaban J connectivity index is 2.31. The molecule has 0 unspecified atom stereocenters. The maximum atomic E-state index is 11.7. The maximum Gasteiger partial charge on any atom is 0.269 e. The molecule has 23 heavy (non-hydrogen) atoms. The number of carbonyl (C=O) groups excluding carboxylic acids is 2. The van der Waals surface area contributed by atoms with E-state index in [1.165, 1.54) is 6.33 Å². The zero-order chi connectivity index (χ0) is 17.0. The Hall–Kier alpha value is -2.83. The number of anilines is 2. The summed E-state index contributed by atoms with van der Waals surface area (Å²) in [5.74, 6) is -0.641. The molecule has 0 radical (unpaired) electrons. The van der Waals surface area contributed by atoms with Gasteiger partial charge in [-0.1, -0.05) is 19.1 Å². The summed E-state index contributed by atoms with van der Waals surface area (Å²) in [5.41, 5.74) is 7.71. The minimum Gasteiger partial charge on any atom is -0.378 e. The van der Waals surface area contributed by atoms with E-state index in [1.54, 1.807) is 11.5 Å². The topological polar surface area (TPSA) is 93.2 Å². The van der Waals surface area contributed by atoms with Crippen LogP contribution in [0.15, 0.2) is 30.6 Å². The molecule has 1 heterocycles. The van der Waals surface area contributed by atoms with Gasteiger partial charge in [0.1, 0.15) is 0 Å². The van der Waals surface area contributed by atoms with Crippen molar-refractivity contribution in [3.8, 4) is 0 Å². The van der Waals surface area contributed by atoms with Gasteiger partial charge in [0.2, 0.25) is 5.91 Å². The van der Waals surface area contributed by atoms with Crippen molar-refractivity contribution < 1.29 is 9.59 Å². The normalized spacial score (nSPS) is 10.4. The lowest BCUT2D eigenvalue weighted by Crippen LogP contribution is -2.21. The molecule has 0 saturated heterocycles. The van der Waals surface area contributed by atoms with Gasteiger partial charge in [-0.25, -0.2) is 4.98 Å². The molecule has 0 bridgehead atoms. The molecule has 0 aliphatic heterocycles. The van der Waals surface area contributed by atoms with Crippen LogP contribution in [0.25, 0.3) is 0 Å². The molecular weight excluding hydrogens is 294 g/mol. The second kappa shape index (κ2) is 6.95. The summed E-state index contributed by atoms with van der Waals surface area (Å²) in [4.78, 5) is 29.4. The standard InChI is InChI=1S/C16H21N5O2/c1-4-13(22)19-16-14(15(17)23)21(10-18-16)9-11-6-5-7-12(8-11)20(2)3/h5-8,10H,4,9H2,1-3H3,(H2,17,23)(H,19,22). The van der Waals surface area contributed by atoms with Crippen LogP contribution in [0.5, 0.6) is 0 Å². The fraction of sp³-hybridized carbons (Fsp3) is 0.312. The van der Waals surface area contributed by atoms with Gasteiger partial charge < -0.3 is 20.5 Å². The summed E-state index contributed by atoms with van der Waals surface area (Å²) in [6.07, 6.45) is 1.81. The lowest BCUT2D eigenvalue weighted by Gasteiger charge is -2.14. The first-order valence-corrected chi connectivity index (χ1v) is 7.33. The molecular formula is C16H21N5O2. The Morgan fingerprint density at radius 2 is 2.09 bits per heavy atom. The first-order chi connectivity index (χ1) is 10.9. The molecule has 122 valence electrons. The van der Waals surface area contributed by atoms with E-state index in [0.29, 0.717) is 13.0 Å². The van der Waals surface area contributed by atoms with Crippen molar-refractivity contribution in [3.63, 3.8) is 0 Å². The van der Waals surface area contributed by atoms with Crippen LogP contribution in [-0.4, -0.2) is 35.5 Å². The quantitative estimate of drug-likeness (QED) is 0.843. The van der Waals surface area contributed by atoms with Gasteiger partial charge >= 0.3 is 0 Å². The van der Waals surface area contributed by atoms with Crippen LogP contribution >= 0.6 is 0 Å². The van der Waals surface area contributed by atoms with E-state index in [4.69, 9.17) is 5.73 Å². The van der Waals surface area contributed by atoms with Gasteiger partial charge in [0.25, 0.3) is 5.91 Å². The Labute approximate surface area is 135 Å². The van der Waals surface area contributed by atoms with Crippen molar-refractivity contribution in [2.75, 3.05) is 24.3 Å². The van der Waals surface area contributed by atoms with Gasteiger partial charge in [-0.15, -0.1) is 0 Å². The number of nitrogens with zero attached hydrogens (tertiary/aromatic N) is 3. The molecule has 2 amide bonds. The average molecular weight is 315 g/mol. The van der Waals surface area contributed by atoms with Gasteiger partial charge in [0, 0.05) is 32.7 Å². The Bertz CT molecular complexity index is 721. The highest BCUT2D eigenvalue weighted by molar-refractivity contribution is 6.00. The van der Waals surface area contributed by atoms with E-state index in [1.807, 2.05) is 43.3 Å². The van der Waals surface area contributed by atoms with Crippen LogP contribution in [0.2, 0.25) is 0 Å². The number of nitrogens with one attached hydrogen (secondary N) is 1. The molecule has 2 aromatic rings. The van der Waals surface area contributed by atoms with Crippen LogP contribution in [0, 0.1) is 0 Å². The van der Waals surface area contributed by atoms with Crippen molar-refractivity contribution in [2.24, 2.45) is 5.73 Å². The number of hydrogen-bond donors (Lipinski definition) is 2. The van der Waals surface area contributed by atoms with Crippen LogP contribution < -0.4 is 16.0 Å². The minimum absolute atomic E-state index is 0.196. The second-order valence-corrected chi connectivity index (χ2v) is 5.40. The second-order valence-electron chi connectivity index (χ2n) is 5.40. The summed E-state index contributed by atoms with van der Waals surface area (Å²) >= 11 is 0. The van der Waals surface area contributed by atoms with Crippen molar-refractivity contribution in [3.05, 3.63) is 41.9 Å². The number of benzene rings is 1. The first-order valence-electron chi connectivity index (χ1n) is 7.33. The van der Waals surface area contributed by atoms with E-state index in [2.05, 4.69) is 10.3 Å². The highest BCUT2D eigenvalue weighted by atomic mass is 16.2. The zero-order valence-electron chi connectivity index (χ0n) is 13.5. The first kappa shape index (κ1) is 16.5. The van der Waals surface area contributed by atoms with E-state index >= 15 is 0 Å². The van der Waals surface area contributed by atoms with Gasteiger partial charge in [-0.3, -0.25) is 9.59 Å². The summed E-state index contributed by atoms with van der Waals surface area (Å²) in [6, 6.07) is 7.93. The van der Waals surface area contributed by atoms with E-state index in [0.717, 1.165) is 11.3 Å². The molecule has 7 nitrogen and oxygen atoms in total. The molecule has 1 aromatic heterocycles. The number of amides is 2. The summed E-state index contributed by atoms with van der Waals surface area (Å²) in [5, 5.41) is 2.60. The molecule has 0 fully saturated rings. The van der Waals surface area contributed by atoms with Crippen molar-refractivity contribution >= 4 is 23.3 Å². The molecule has 3 N–H and O–H groups in total.